The standard InChI is InChI=1S/C9H22N2O3/c1-7(2)9(4,5)14-11-13-8(3)6-12-10/h7-8,11H,6,10H2,1-5H3. The quantitative estimate of drug-likeness (QED) is 0.612. The van der Waals surface area contributed by atoms with Crippen LogP contribution in [0.5, 0.6) is 0 Å². The molecule has 3 N–H and O–H groups in total. The van der Waals surface area contributed by atoms with Gasteiger partial charge in [-0.1, -0.05) is 19.5 Å². The Kier molecular flexibility index (Phi) is 6.22. The Hall–Kier alpha value is -0.200. The van der Waals surface area contributed by atoms with Gasteiger partial charge in [-0.15, -0.1) is 0 Å². The fourth-order valence-corrected chi connectivity index (χ4v) is 0.501. The van der Waals surface area contributed by atoms with E-state index < -0.39 is 0 Å². The number of hydrogen-bond acceptors (Lipinski definition) is 5. The molecule has 0 aliphatic rings. The van der Waals surface area contributed by atoms with Crippen LogP contribution in [0.25, 0.3) is 0 Å². The van der Waals surface area contributed by atoms with Gasteiger partial charge in [-0.25, -0.2) is 5.90 Å². The van der Waals surface area contributed by atoms with Gasteiger partial charge in [0, 0.05) is 0 Å². The second-order valence-electron chi connectivity index (χ2n) is 4.21. The van der Waals surface area contributed by atoms with E-state index in [1.807, 2.05) is 20.8 Å². The first-order valence-electron chi connectivity index (χ1n) is 4.80. The number of hydrogen-bond donors (Lipinski definition) is 2. The molecule has 0 aromatic carbocycles. The zero-order valence-electron chi connectivity index (χ0n) is 9.66. The van der Waals surface area contributed by atoms with E-state index in [0.29, 0.717) is 12.5 Å². The maximum Gasteiger partial charge on any atom is 0.104 e. The van der Waals surface area contributed by atoms with Gasteiger partial charge < -0.3 is 4.84 Å². The lowest BCUT2D eigenvalue weighted by atomic mass is 9.95. The van der Waals surface area contributed by atoms with E-state index in [4.69, 9.17) is 15.6 Å². The molecule has 14 heavy (non-hydrogen) atoms. The molecule has 0 radical (unpaired) electrons. The number of nitrogens with two attached hydrogens (primary N) is 1. The molecule has 1 unspecified atom stereocenters. The molecule has 0 spiro atoms. The minimum absolute atomic E-state index is 0.150. The molecule has 0 bridgehead atoms. The highest BCUT2D eigenvalue weighted by atomic mass is 16.9. The van der Waals surface area contributed by atoms with Gasteiger partial charge in [-0.05, 0) is 26.7 Å². The van der Waals surface area contributed by atoms with Crippen LogP contribution in [0.4, 0.5) is 0 Å². The maximum absolute atomic E-state index is 5.34. The van der Waals surface area contributed by atoms with Gasteiger partial charge in [0.15, 0.2) is 0 Å². The molecule has 5 nitrogen and oxygen atoms in total. The van der Waals surface area contributed by atoms with Gasteiger partial charge in [-0.3, -0.25) is 9.68 Å². The van der Waals surface area contributed by atoms with Crippen molar-refractivity contribution in [3.05, 3.63) is 0 Å². The maximum atomic E-state index is 5.34. The number of rotatable bonds is 7. The Morgan fingerprint density at radius 3 is 2.29 bits per heavy atom. The molecule has 86 valence electrons. The first kappa shape index (κ1) is 13.8. The summed E-state index contributed by atoms with van der Waals surface area (Å²) in [7, 11) is 0. The van der Waals surface area contributed by atoms with Crippen molar-refractivity contribution in [3.8, 4) is 0 Å². The highest BCUT2D eigenvalue weighted by molar-refractivity contribution is 4.70. The van der Waals surface area contributed by atoms with Crippen LogP contribution in [0.1, 0.15) is 34.6 Å². The number of nitrogens with one attached hydrogen (secondary N) is 1. The van der Waals surface area contributed by atoms with Crippen molar-refractivity contribution in [2.45, 2.75) is 46.3 Å². The van der Waals surface area contributed by atoms with E-state index in [2.05, 4.69) is 24.3 Å². The van der Waals surface area contributed by atoms with Crippen LogP contribution < -0.4 is 11.5 Å². The first-order chi connectivity index (χ1) is 6.40. The van der Waals surface area contributed by atoms with Crippen LogP contribution in [0.2, 0.25) is 0 Å². The summed E-state index contributed by atoms with van der Waals surface area (Å²) in [4.78, 5) is 14.8. The van der Waals surface area contributed by atoms with Crippen LogP contribution in [-0.2, 0) is 14.5 Å². The molecule has 1 atom stereocenters. The average molecular weight is 206 g/mol. The Balaban J connectivity index is 3.62. The molecule has 0 aromatic rings. The molecule has 0 rings (SSSR count). The minimum Gasteiger partial charge on any atom is -0.302 e. The monoisotopic (exact) mass is 206 g/mol. The van der Waals surface area contributed by atoms with Crippen LogP contribution in [0.3, 0.4) is 0 Å². The van der Waals surface area contributed by atoms with Gasteiger partial charge in [-0.2, -0.15) is 0 Å². The second-order valence-corrected chi connectivity index (χ2v) is 4.21. The molecule has 0 saturated heterocycles. The molecule has 0 aliphatic carbocycles. The Labute approximate surface area is 85.8 Å². The molecule has 0 aliphatic heterocycles. The highest BCUT2D eigenvalue weighted by Crippen LogP contribution is 2.18. The van der Waals surface area contributed by atoms with Crippen molar-refractivity contribution in [2.75, 3.05) is 6.61 Å². The van der Waals surface area contributed by atoms with Gasteiger partial charge in [0.25, 0.3) is 0 Å². The predicted octanol–water partition coefficient (Wildman–Crippen LogP) is 1.15. The summed E-state index contributed by atoms with van der Waals surface area (Å²) in [6, 6.07) is 0. The lowest BCUT2D eigenvalue weighted by Crippen LogP contribution is -2.39. The van der Waals surface area contributed by atoms with Gasteiger partial charge in [0.1, 0.15) is 6.10 Å². The topological polar surface area (TPSA) is 65.7 Å². The van der Waals surface area contributed by atoms with Crippen molar-refractivity contribution in [1.29, 1.82) is 0 Å². The summed E-state index contributed by atoms with van der Waals surface area (Å²) in [5.41, 5.74) is 2.18. The summed E-state index contributed by atoms with van der Waals surface area (Å²) in [5.74, 6) is 5.28. The molecular weight excluding hydrogens is 184 g/mol. The lowest BCUT2D eigenvalue weighted by Gasteiger charge is -2.29. The first-order valence-corrected chi connectivity index (χ1v) is 4.80. The van der Waals surface area contributed by atoms with Crippen LogP contribution in [0.15, 0.2) is 0 Å². The molecule has 0 aromatic heterocycles. The molecule has 0 heterocycles. The zero-order valence-corrected chi connectivity index (χ0v) is 9.66. The fraction of sp³-hybridized carbons (Fsp3) is 1.00. The fourth-order valence-electron chi connectivity index (χ4n) is 0.501. The summed E-state index contributed by atoms with van der Waals surface area (Å²) in [5, 5.41) is 0. The smallest absolute Gasteiger partial charge is 0.104 e. The van der Waals surface area contributed by atoms with Crippen molar-refractivity contribution >= 4 is 0 Å². The van der Waals surface area contributed by atoms with Crippen molar-refractivity contribution in [1.82, 2.24) is 5.64 Å². The third kappa shape index (κ3) is 5.51. The van der Waals surface area contributed by atoms with Crippen molar-refractivity contribution in [3.63, 3.8) is 0 Å². The van der Waals surface area contributed by atoms with Crippen LogP contribution >= 0.6 is 0 Å². The van der Waals surface area contributed by atoms with Gasteiger partial charge in [0.05, 0.1) is 12.2 Å². The Morgan fingerprint density at radius 1 is 1.29 bits per heavy atom. The summed E-state index contributed by atoms with van der Waals surface area (Å²) < 4.78 is 0. The van der Waals surface area contributed by atoms with E-state index in [1.54, 1.807) is 0 Å². The van der Waals surface area contributed by atoms with E-state index in [0.717, 1.165) is 0 Å². The normalized spacial score (nSPS) is 14.8. The molecule has 0 amide bonds. The average Bonchev–Trinajstić information content (AvgIpc) is 2.04. The highest BCUT2D eigenvalue weighted by Gasteiger charge is 2.23. The summed E-state index contributed by atoms with van der Waals surface area (Å²) >= 11 is 0. The second kappa shape index (κ2) is 6.31. The largest absolute Gasteiger partial charge is 0.302 e. The van der Waals surface area contributed by atoms with Crippen molar-refractivity contribution in [2.24, 2.45) is 11.8 Å². The van der Waals surface area contributed by atoms with E-state index >= 15 is 0 Å². The Bertz CT molecular complexity index is 151. The SMILES string of the molecule is CC(CON)ONOC(C)(C)C(C)C. The van der Waals surface area contributed by atoms with E-state index in [-0.39, 0.29) is 11.7 Å². The summed E-state index contributed by atoms with van der Waals surface area (Å²) in [6.45, 7) is 10.3. The third-order valence-electron chi connectivity index (χ3n) is 2.28. The molecule has 5 heteroatoms. The zero-order chi connectivity index (χ0) is 11.2. The van der Waals surface area contributed by atoms with Gasteiger partial charge in [0.2, 0.25) is 0 Å². The third-order valence-corrected chi connectivity index (χ3v) is 2.28. The Morgan fingerprint density at radius 2 is 1.86 bits per heavy atom. The predicted molar refractivity (Wildman–Crippen MR) is 53.8 cm³/mol. The molecular formula is C9H22N2O3. The van der Waals surface area contributed by atoms with Crippen LogP contribution in [-0.4, -0.2) is 18.3 Å². The molecule has 0 fully saturated rings. The van der Waals surface area contributed by atoms with Gasteiger partial charge >= 0.3 is 0 Å². The van der Waals surface area contributed by atoms with Crippen LogP contribution in [0, 0.1) is 5.92 Å². The molecule has 0 saturated carbocycles. The van der Waals surface area contributed by atoms with Crippen molar-refractivity contribution < 1.29 is 14.5 Å². The lowest BCUT2D eigenvalue weighted by molar-refractivity contribution is -0.259. The summed E-state index contributed by atoms with van der Waals surface area (Å²) in [6.07, 6.45) is -0.150. The van der Waals surface area contributed by atoms with E-state index in [9.17, 15) is 0 Å². The van der Waals surface area contributed by atoms with E-state index in [1.165, 1.54) is 0 Å². The minimum atomic E-state index is -0.275.